The van der Waals surface area contributed by atoms with Crippen LogP contribution in [-0.4, -0.2) is 22.0 Å². The van der Waals surface area contributed by atoms with Gasteiger partial charge in [-0.15, -0.1) is 0 Å². The molecule has 5 nitrogen and oxygen atoms in total. The number of nitrogens with zero attached hydrogens (tertiary/aromatic N) is 1. The molecule has 0 aliphatic heterocycles. The smallest absolute Gasteiger partial charge is 0.275 e. The van der Waals surface area contributed by atoms with Crippen LogP contribution in [0.15, 0.2) is 17.3 Å². The van der Waals surface area contributed by atoms with E-state index in [9.17, 15) is 4.79 Å². The summed E-state index contributed by atoms with van der Waals surface area (Å²) in [6, 6.07) is 0. The third kappa shape index (κ3) is 1.23. The van der Waals surface area contributed by atoms with E-state index in [-0.39, 0.29) is 5.56 Å². The minimum atomic E-state index is -0.132. The van der Waals surface area contributed by atoms with Crippen molar-refractivity contribution < 1.29 is 0 Å². The van der Waals surface area contributed by atoms with Crippen molar-refractivity contribution >= 4 is 11.0 Å². The van der Waals surface area contributed by atoms with Gasteiger partial charge in [0.2, 0.25) is 0 Å². The lowest BCUT2D eigenvalue weighted by Crippen LogP contribution is -2.07. The van der Waals surface area contributed by atoms with Gasteiger partial charge in [-0.05, 0) is 7.05 Å². The summed E-state index contributed by atoms with van der Waals surface area (Å²) in [5.41, 5.74) is 2.14. The molecule has 68 valence electrons. The Hall–Kier alpha value is -1.62. The number of rotatable bonds is 2. The van der Waals surface area contributed by atoms with Crippen LogP contribution in [0.3, 0.4) is 0 Å². The maximum atomic E-state index is 11.2. The fourth-order valence-electron chi connectivity index (χ4n) is 1.33. The van der Waals surface area contributed by atoms with Gasteiger partial charge in [0.1, 0.15) is 5.52 Å². The van der Waals surface area contributed by atoms with Gasteiger partial charge in [0, 0.05) is 18.3 Å². The number of H-pyrrole nitrogens is 2. The summed E-state index contributed by atoms with van der Waals surface area (Å²) in [4.78, 5) is 20.7. The number of aromatic amines is 2. The van der Waals surface area contributed by atoms with Crippen LogP contribution in [0.1, 0.15) is 5.56 Å². The molecule has 0 aliphatic rings. The fourth-order valence-corrected chi connectivity index (χ4v) is 1.33. The Balaban J connectivity index is 2.68. The molecule has 0 amide bonds. The largest absolute Gasteiger partial charge is 0.355 e. The van der Waals surface area contributed by atoms with E-state index >= 15 is 0 Å². The van der Waals surface area contributed by atoms with Crippen molar-refractivity contribution in [3.05, 3.63) is 28.4 Å². The molecule has 0 saturated heterocycles. The monoisotopic (exact) mass is 178 g/mol. The van der Waals surface area contributed by atoms with E-state index in [1.807, 2.05) is 7.05 Å². The summed E-state index contributed by atoms with van der Waals surface area (Å²) in [5, 5.41) is 3.01. The van der Waals surface area contributed by atoms with Crippen molar-refractivity contribution in [2.24, 2.45) is 0 Å². The molecular formula is C8H10N4O. The van der Waals surface area contributed by atoms with Crippen LogP contribution in [-0.2, 0) is 6.54 Å². The number of aromatic nitrogens is 3. The zero-order valence-electron chi connectivity index (χ0n) is 7.22. The molecule has 2 rings (SSSR count). The van der Waals surface area contributed by atoms with E-state index < -0.39 is 0 Å². The van der Waals surface area contributed by atoms with Gasteiger partial charge in [-0.25, -0.2) is 4.98 Å². The first-order valence-corrected chi connectivity index (χ1v) is 4.01. The Morgan fingerprint density at radius 1 is 1.54 bits per heavy atom. The lowest BCUT2D eigenvalue weighted by Gasteiger charge is -1.94. The molecule has 0 bridgehead atoms. The first-order valence-electron chi connectivity index (χ1n) is 4.01. The molecule has 2 aromatic rings. The quantitative estimate of drug-likeness (QED) is 0.604. The predicted octanol–water partition coefficient (Wildman–Crippen LogP) is -0.0294. The first-order chi connectivity index (χ1) is 6.33. The second-order valence-electron chi connectivity index (χ2n) is 2.80. The van der Waals surface area contributed by atoms with Gasteiger partial charge in [-0.2, -0.15) is 0 Å². The number of hydrogen-bond acceptors (Lipinski definition) is 3. The van der Waals surface area contributed by atoms with Gasteiger partial charge in [0.05, 0.1) is 11.8 Å². The van der Waals surface area contributed by atoms with Crippen LogP contribution < -0.4 is 10.9 Å². The highest BCUT2D eigenvalue weighted by Crippen LogP contribution is 2.10. The maximum Gasteiger partial charge on any atom is 0.275 e. The lowest BCUT2D eigenvalue weighted by atomic mass is 10.3. The number of fused-ring (bicyclic) bond motifs is 1. The molecular weight excluding hydrogens is 168 g/mol. The summed E-state index contributed by atoms with van der Waals surface area (Å²) < 4.78 is 0. The maximum absolute atomic E-state index is 11.2. The van der Waals surface area contributed by atoms with Crippen LogP contribution in [0.25, 0.3) is 11.0 Å². The second-order valence-corrected chi connectivity index (χ2v) is 2.80. The molecule has 0 spiro atoms. The number of nitrogens with one attached hydrogen (secondary N) is 3. The highest BCUT2D eigenvalue weighted by Gasteiger charge is 2.05. The third-order valence-electron chi connectivity index (χ3n) is 1.92. The Labute approximate surface area is 74.2 Å². The lowest BCUT2D eigenvalue weighted by molar-refractivity contribution is 0.821. The average Bonchev–Trinajstić information content (AvgIpc) is 2.51. The molecule has 5 heteroatoms. The van der Waals surface area contributed by atoms with Gasteiger partial charge >= 0.3 is 0 Å². The summed E-state index contributed by atoms with van der Waals surface area (Å²) in [7, 11) is 1.85. The predicted molar refractivity (Wildman–Crippen MR) is 49.5 cm³/mol. The first kappa shape index (κ1) is 8.00. The molecule has 0 aliphatic carbocycles. The molecule has 13 heavy (non-hydrogen) atoms. The van der Waals surface area contributed by atoms with Crippen molar-refractivity contribution in [2.45, 2.75) is 6.54 Å². The van der Waals surface area contributed by atoms with E-state index in [2.05, 4.69) is 20.3 Å². The summed E-state index contributed by atoms with van der Waals surface area (Å²) in [5.74, 6) is 0. The van der Waals surface area contributed by atoms with Crippen LogP contribution >= 0.6 is 0 Å². The van der Waals surface area contributed by atoms with Crippen LogP contribution in [0.2, 0.25) is 0 Å². The van der Waals surface area contributed by atoms with Crippen molar-refractivity contribution in [2.75, 3.05) is 7.05 Å². The van der Waals surface area contributed by atoms with E-state index in [0.29, 0.717) is 12.1 Å². The van der Waals surface area contributed by atoms with E-state index in [1.165, 1.54) is 6.33 Å². The molecule has 3 N–H and O–H groups in total. The molecule has 2 aromatic heterocycles. The highest BCUT2D eigenvalue weighted by atomic mass is 16.1. The molecule has 0 radical (unpaired) electrons. The molecule has 0 aromatic carbocycles. The Bertz CT molecular complexity index is 470. The van der Waals surface area contributed by atoms with Crippen LogP contribution in [0.5, 0.6) is 0 Å². The Morgan fingerprint density at radius 2 is 2.38 bits per heavy atom. The molecule has 0 saturated carbocycles. The normalized spacial score (nSPS) is 10.8. The topological polar surface area (TPSA) is 73.6 Å². The van der Waals surface area contributed by atoms with Gasteiger partial charge in [-0.1, -0.05) is 0 Å². The SMILES string of the molecule is CNCc1c[nH]c2c(=O)[nH]cnc12. The van der Waals surface area contributed by atoms with Crippen LogP contribution in [0.4, 0.5) is 0 Å². The fraction of sp³-hybridized carbons (Fsp3) is 0.250. The molecule has 0 atom stereocenters. The van der Waals surface area contributed by atoms with Crippen molar-refractivity contribution in [3.8, 4) is 0 Å². The van der Waals surface area contributed by atoms with Crippen molar-refractivity contribution in [1.29, 1.82) is 0 Å². The van der Waals surface area contributed by atoms with E-state index in [1.54, 1.807) is 6.20 Å². The number of hydrogen-bond donors (Lipinski definition) is 3. The average molecular weight is 178 g/mol. The Kier molecular flexibility index (Phi) is 1.86. The van der Waals surface area contributed by atoms with Crippen molar-refractivity contribution in [3.63, 3.8) is 0 Å². The Morgan fingerprint density at radius 3 is 3.15 bits per heavy atom. The van der Waals surface area contributed by atoms with Gasteiger partial charge < -0.3 is 15.3 Å². The zero-order valence-corrected chi connectivity index (χ0v) is 7.22. The van der Waals surface area contributed by atoms with Crippen LogP contribution in [0, 0.1) is 0 Å². The second kappa shape index (κ2) is 3.02. The zero-order chi connectivity index (χ0) is 9.26. The minimum absolute atomic E-state index is 0.132. The summed E-state index contributed by atoms with van der Waals surface area (Å²) in [6.07, 6.45) is 3.21. The van der Waals surface area contributed by atoms with E-state index in [0.717, 1.165) is 11.1 Å². The van der Waals surface area contributed by atoms with Crippen molar-refractivity contribution in [1.82, 2.24) is 20.3 Å². The highest BCUT2D eigenvalue weighted by molar-refractivity contribution is 5.77. The molecule has 0 unspecified atom stereocenters. The summed E-state index contributed by atoms with van der Waals surface area (Å²) >= 11 is 0. The standard InChI is InChI=1S/C8H10N4O/c1-9-2-5-3-10-7-6(5)11-4-12-8(7)13/h3-4,9-10H,2H2,1H3,(H,11,12,13). The minimum Gasteiger partial charge on any atom is -0.355 e. The third-order valence-corrected chi connectivity index (χ3v) is 1.92. The van der Waals surface area contributed by atoms with Gasteiger partial charge in [0.15, 0.2) is 0 Å². The molecule has 0 fully saturated rings. The van der Waals surface area contributed by atoms with Gasteiger partial charge in [-0.3, -0.25) is 4.79 Å². The van der Waals surface area contributed by atoms with Gasteiger partial charge in [0.25, 0.3) is 5.56 Å². The van der Waals surface area contributed by atoms with E-state index in [4.69, 9.17) is 0 Å². The molecule has 2 heterocycles. The summed E-state index contributed by atoms with van der Waals surface area (Å²) in [6.45, 7) is 0.705.